The largest absolute Gasteiger partial charge is 0.378 e. The van der Waals surface area contributed by atoms with Crippen molar-refractivity contribution in [2.75, 3.05) is 32.6 Å². The zero-order chi connectivity index (χ0) is 8.27. The minimum Gasteiger partial charge on any atom is -0.378 e. The van der Waals surface area contributed by atoms with Crippen LogP contribution in [0.4, 0.5) is 4.79 Å². The van der Waals surface area contributed by atoms with E-state index in [-0.39, 0.29) is 5.24 Å². The Bertz CT molecular complexity index is 177. The van der Waals surface area contributed by atoms with Crippen LogP contribution in [-0.4, -0.2) is 46.9 Å². The normalized spacial score (nSPS) is 21.4. The standard InChI is InChI=1S/C6H11NO3S/c1-11(9)6(8)7-2-4-10-5-3-7/h2-5H2,1H3. The predicted octanol–water partition coefficient (Wildman–Crippen LogP) is -0.183. The summed E-state index contributed by atoms with van der Waals surface area (Å²) in [5.41, 5.74) is 0. The second kappa shape index (κ2) is 3.82. The van der Waals surface area contributed by atoms with Crippen molar-refractivity contribution < 1.29 is 13.7 Å². The number of carbonyl (C=O) groups excluding carboxylic acids is 1. The first-order valence-electron chi connectivity index (χ1n) is 3.42. The molecule has 1 saturated heterocycles. The van der Waals surface area contributed by atoms with Gasteiger partial charge in [0.2, 0.25) is 0 Å². The number of nitrogens with zero attached hydrogens (tertiary/aromatic N) is 1. The zero-order valence-electron chi connectivity index (χ0n) is 6.41. The van der Waals surface area contributed by atoms with Crippen LogP contribution in [0.1, 0.15) is 0 Å². The molecule has 64 valence electrons. The number of hydrogen-bond donors (Lipinski definition) is 0. The summed E-state index contributed by atoms with van der Waals surface area (Å²) in [4.78, 5) is 12.6. The van der Waals surface area contributed by atoms with Gasteiger partial charge in [-0.1, -0.05) is 0 Å². The van der Waals surface area contributed by atoms with Gasteiger partial charge in [0.1, 0.15) is 10.8 Å². The summed E-state index contributed by atoms with van der Waals surface area (Å²) < 4.78 is 15.8. The van der Waals surface area contributed by atoms with Gasteiger partial charge in [-0.25, -0.2) is 4.21 Å². The average Bonchev–Trinajstić information content (AvgIpc) is 2.05. The SMILES string of the molecule is CS(=O)C(=O)N1CCOCC1. The summed E-state index contributed by atoms with van der Waals surface area (Å²) in [5, 5.41) is -0.284. The van der Waals surface area contributed by atoms with Crippen LogP contribution in [0.2, 0.25) is 0 Å². The van der Waals surface area contributed by atoms with Crippen LogP contribution in [0.15, 0.2) is 0 Å². The van der Waals surface area contributed by atoms with Crippen molar-refractivity contribution in [1.82, 2.24) is 4.90 Å². The molecule has 1 fully saturated rings. The molecule has 1 unspecified atom stereocenters. The number of carbonyl (C=O) groups is 1. The van der Waals surface area contributed by atoms with E-state index in [2.05, 4.69) is 0 Å². The van der Waals surface area contributed by atoms with E-state index < -0.39 is 10.8 Å². The highest BCUT2D eigenvalue weighted by atomic mass is 32.2. The highest BCUT2D eigenvalue weighted by molar-refractivity contribution is 7.99. The van der Waals surface area contributed by atoms with Gasteiger partial charge >= 0.3 is 5.24 Å². The molecule has 0 spiro atoms. The summed E-state index contributed by atoms with van der Waals surface area (Å²) in [5.74, 6) is 0. The van der Waals surface area contributed by atoms with Crippen molar-refractivity contribution in [2.45, 2.75) is 0 Å². The molecule has 0 aromatic carbocycles. The van der Waals surface area contributed by atoms with Crippen molar-refractivity contribution in [3.63, 3.8) is 0 Å². The maximum atomic E-state index is 11.1. The van der Waals surface area contributed by atoms with Gasteiger partial charge < -0.3 is 9.64 Å². The number of rotatable bonds is 0. The molecule has 1 atom stereocenters. The number of amides is 1. The first-order valence-corrected chi connectivity index (χ1v) is 4.97. The molecule has 1 aliphatic heterocycles. The lowest BCUT2D eigenvalue weighted by molar-refractivity contribution is 0.0591. The Morgan fingerprint density at radius 1 is 1.45 bits per heavy atom. The van der Waals surface area contributed by atoms with Gasteiger partial charge in [0.15, 0.2) is 0 Å². The highest BCUT2D eigenvalue weighted by Gasteiger charge is 2.18. The van der Waals surface area contributed by atoms with E-state index in [9.17, 15) is 9.00 Å². The maximum Gasteiger partial charge on any atom is 0.311 e. The van der Waals surface area contributed by atoms with Crippen molar-refractivity contribution in [3.05, 3.63) is 0 Å². The fraction of sp³-hybridized carbons (Fsp3) is 0.833. The molecule has 5 heteroatoms. The van der Waals surface area contributed by atoms with Gasteiger partial charge in [0, 0.05) is 19.3 Å². The van der Waals surface area contributed by atoms with E-state index in [0.717, 1.165) is 0 Å². The molecule has 4 nitrogen and oxygen atoms in total. The van der Waals surface area contributed by atoms with Gasteiger partial charge in [0.05, 0.1) is 13.2 Å². The molecule has 0 aliphatic carbocycles. The zero-order valence-corrected chi connectivity index (χ0v) is 7.23. The van der Waals surface area contributed by atoms with Crippen LogP contribution >= 0.6 is 0 Å². The summed E-state index contributed by atoms with van der Waals surface area (Å²) >= 11 is 0. The number of morpholine rings is 1. The molecule has 0 radical (unpaired) electrons. The first-order chi connectivity index (χ1) is 5.22. The molecule has 1 aliphatic rings. The quantitative estimate of drug-likeness (QED) is 0.515. The van der Waals surface area contributed by atoms with Gasteiger partial charge in [-0.05, 0) is 0 Å². The van der Waals surface area contributed by atoms with Crippen molar-refractivity contribution in [1.29, 1.82) is 0 Å². The first kappa shape index (κ1) is 8.67. The third-order valence-corrected chi connectivity index (χ3v) is 2.27. The van der Waals surface area contributed by atoms with Crippen LogP contribution in [-0.2, 0) is 15.5 Å². The van der Waals surface area contributed by atoms with Gasteiger partial charge in [-0.15, -0.1) is 0 Å². The predicted molar refractivity (Wildman–Crippen MR) is 41.9 cm³/mol. The van der Waals surface area contributed by atoms with E-state index in [1.807, 2.05) is 0 Å². The minimum atomic E-state index is -1.38. The molecular weight excluding hydrogens is 166 g/mol. The second-order valence-electron chi connectivity index (χ2n) is 2.32. The summed E-state index contributed by atoms with van der Waals surface area (Å²) in [6.45, 7) is 2.25. The van der Waals surface area contributed by atoms with Crippen LogP contribution < -0.4 is 0 Å². The summed E-state index contributed by atoms with van der Waals surface area (Å²) in [7, 11) is -1.38. The van der Waals surface area contributed by atoms with E-state index >= 15 is 0 Å². The molecule has 1 amide bonds. The molecule has 0 bridgehead atoms. The highest BCUT2D eigenvalue weighted by Crippen LogP contribution is 1.99. The second-order valence-corrected chi connectivity index (χ2v) is 3.58. The topological polar surface area (TPSA) is 46.6 Å². The third kappa shape index (κ3) is 2.27. The minimum absolute atomic E-state index is 0.284. The molecule has 0 saturated carbocycles. The Balaban J connectivity index is 2.45. The number of hydrogen-bond acceptors (Lipinski definition) is 3. The Hall–Kier alpha value is -0.420. The third-order valence-electron chi connectivity index (χ3n) is 1.52. The van der Waals surface area contributed by atoms with Crippen LogP contribution in [0.5, 0.6) is 0 Å². The van der Waals surface area contributed by atoms with Crippen molar-refractivity contribution in [3.8, 4) is 0 Å². The Morgan fingerprint density at radius 2 is 2.00 bits per heavy atom. The van der Waals surface area contributed by atoms with E-state index in [1.165, 1.54) is 6.26 Å². The average molecular weight is 177 g/mol. The fourth-order valence-corrected chi connectivity index (χ4v) is 1.47. The monoisotopic (exact) mass is 177 g/mol. The summed E-state index contributed by atoms with van der Waals surface area (Å²) in [6.07, 6.45) is 1.40. The molecule has 0 N–H and O–H groups in total. The smallest absolute Gasteiger partial charge is 0.311 e. The van der Waals surface area contributed by atoms with E-state index in [0.29, 0.717) is 26.3 Å². The van der Waals surface area contributed by atoms with E-state index in [1.54, 1.807) is 4.90 Å². The lowest BCUT2D eigenvalue weighted by Gasteiger charge is -2.25. The van der Waals surface area contributed by atoms with Crippen LogP contribution in [0.25, 0.3) is 0 Å². The fourth-order valence-electron chi connectivity index (χ4n) is 0.928. The van der Waals surface area contributed by atoms with E-state index in [4.69, 9.17) is 4.74 Å². The lowest BCUT2D eigenvalue weighted by Crippen LogP contribution is -2.41. The van der Waals surface area contributed by atoms with Gasteiger partial charge in [0.25, 0.3) is 0 Å². The maximum absolute atomic E-state index is 11.1. The van der Waals surface area contributed by atoms with Crippen molar-refractivity contribution in [2.24, 2.45) is 0 Å². The summed E-state index contributed by atoms with van der Waals surface area (Å²) in [6, 6.07) is 0. The Morgan fingerprint density at radius 3 is 2.45 bits per heavy atom. The van der Waals surface area contributed by atoms with Gasteiger partial charge in [-0.2, -0.15) is 0 Å². The van der Waals surface area contributed by atoms with Crippen LogP contribution in [0, 0.1) is 0 Å². The van der Waals surface area contributed by atoms with Crippen molar-refractivity contribution >= 4 is 16.0 Å². The lowest BCUT2D eigenvalue weighted by atomic mass is 10.5. The molecule has 1 rings (SSSR count). The Labute approximate surface area is 68.0 Å². The molecule has 0 aromatic rings. The van der Waals surface area contributed by atoms with Crippen LogP contribution in [0.3, 0.4) is 0 Å². The number of ether oxygens (including phenoxy) is 1. The molecule has 11 heavy (non-hydrogen) atoms. The molecular formula is C6H11NO3S. The van der Waals surface area contributed by atoms with Gasteiger partial charge in [-0.3, -0.25) is 4.79 Å². The molecule has 1 heterocycles. The molecule has 0 aromatic heterocycles. The Kier molecular flexibility index (Phi) is 3.02.